The monoisotopic (exact) mass is 558 g/mol. The molecule has 1 saturated heterocycles. The number of rotatable bonds is 9. The molecule has 0 aliphatic carbocycles. The van der Waals surface area contributed by atoms with E-state index in [0.29, 0.717) is 63.1 Å². The van der Waals surface area contributed by atoms with Crippen LogP contribution in [0.1, 0.15) is 37.3 Å². The lowest BCUT2D eigenvalue weighted by atomic mass is 10.1. The fourth-order valence-electron chi connectivity index (χ4n) is 4.03. The average Bonchev–Trinajstić information content (AvgIpc) is 2.94. The third-order valence-electron chi connectivity index (χ3n) is 6.16. The van der Waals surface area contributed by atoms with Gasteiger partial charge in [0.05, 0.1) is 12.2 Å². The molecule has 0 bridgehead atoms. The number of pyridine rings is 1. The summed E-state index contributed by atoms with van der Waals surface area (Å²) >= 11 is 0. The van der Waals surface area contributed by atoms with Crippen molar-refractivity contribution >= 4 is 12.1 Å². The van der Waals surface area contributed by atoms with Gasteiger partial charge in [0.25, 0.3) is 0 Å². The maximum absolute atomic E-state index is 12.7. The molecule has 1 aliphatic heterocycles. The Bertz CT molecular complexity index is 1260. The summed E-state index contributed by atoms with van der Waals surface area (Å²) in [6, 6.07) is 15.8. The number of esters is 1. The minimum Gasteiger partial charge on any atom is -0.490 e. The van der Waals surface area contributed by atoms with Gasteiger partial charge in [-0.05, 0) is 61.4 Å². The maximum Gasteiger partial charge on any atom is 0.417 e. The van der Waals surface area contributed by atoms with Gasteiger partial charge >= 0.3 is 18.2 Å². The first-order chi connectivity index (χ1) is 19.2. The van der Waals surface area contributed by atoms with Crippen molar-refractivity contribution in [2.24, 2.45) is 0 Å². The van der Waals surface area contributed by atoms with E-state index < -0.39 is 17.8 Å². The zero-order valence-electron chi connectivity index (χ0n) is 21.9. The molecular formula is C29H29F3N2O6. The Kier molecular flexibility index (Phi) is 9.47. The second kappa shape index (κ2) is 13.2. The Morgan fingerprint density at radius 2 is 1.57 bits per heavy atom. The first kappa shape index (κ1) is 28.7. The van der Waals surface area contributed by atoms with Gasteiger partial charge in [-0.15, -0.1) is 0 Å². The van der Waals surface area contributed by atoms with E-state index in [0.717, 1.165) is 23.4 Å². The molecule has 4 rings (SSSR count). The second-order valence-corrected chi connectivity index (χ2v) is 9.08. The van der Waals surface area contributed by atoms with Gasteiger partial charge in [-0.3, -0.25) is 4.79 Å². The predicted molar refractivity (Wildman–Crippen MR) is 138 cm³/mol. The third kappa shape index (κ3) is 8.36. The number of halogens is 3. The van der Waals surface area contributed by atoms with Crippen LogP contribution in [0, 0.1) is 0 Å². The number of nitrogens with zero attached hydrogens (tertiary/aromatic N) is 2. The summed E-state index contributed by atoms with van der Waals surface area (Å²) in [5, 5.41) is 0. The van der Waals surface area contributed by atoms with Crippen molar-refractivity contribution in [2.45, 2.75) is 44.9 Å². The van der Waals surface area contributed by atoms with Crippen LogP contribution in [-0.2, 0) is 22.1 Å². The highest BCUT2D eigenvalue weighted by Gasteiger charge is 2.30. The second-order valence-electron chi connectivity index (χ2n) is 9.08. The Balaban J connectivity index is 1.19. The Labute approximate surface area is 229 Å². The molecule has 2 aromatic carbocycles. The van der Waals surface area contributed by atoms with Gasteiger partial charge in [-0.25, -0.2) is 9.78 Å². The van der Waals surface area contributed by atoms with Crippen LogP contribution in [-0.4, -0.2) is 47.7 Å². The van der Waals surface area contributed by atoms with E-state index in [-0.39, 0.29) is 18.0 Å². The van der Waals surface area contributed by atoms with Gasteiger partial charge in [0.1, 0.15) is 23.4 Å². The topological polar surface area (TPSA) is 87.2 Å². The summed E-state index contributed by atoms with van der Waals surface area (Å²) in [7, 11) is 0. The number of aryl methyl sites for hydroxylation is 1. The summed E-state index contributed by atoms with van der Waals surface area (Å²) < 4.78 is 59.9. The van der Waals surface area contributed by atoms with Crippen molar-refractivity contribution in [3.05, 3.63) is 78.0 Å². The first-order valence-electron chi connectivity index (χ1n) is 12.9. The zero-order valence-corrected chi connectivity index (χ0v) is 21.9. The van der Waals surface area contributed by atoms with Crippen LogP contribution in [0.3, 0.4) is 0 Å². The van der Waals surface area contributed by atoms with Crippen molar-refractivity contribution in [1.82, 2.24) is 9.88 Å². The van der Waals surface area contributed by atoms with E-state index >= 15 is 0 Å². The number of alkyl halides is 3. The number of benzene rings is 2. The highest BCUT2D eigenvalue weighted by atomic mass is 19.4. The number of hydrogen-bond donors (Lipinski definition) is 0. The number of hydrogen-bond acceptors (Lipinski definition) is 7. The van der Waals surface area contributed by atoms with Gasteiger partial charge < -0.3 is 23.8 Å². The largest absolute Gasteiger partial charge is 0.490 e. The number of carbonyl (C=O) groups is 2. The lowest BCUT2D eigenvalue weighted by molar-refractivity contribution is -0.143. The minimum absolute atomic E-state index is 0.00720. The van der Waals surface area contributed by atoms with Crippen LogP contribution < -0.4 is 14.2 Å². The quantitative estimate of drug-likeness (QED) is 0.280. The Hall–Kier alpha value is -4.28. The fraction of sp³-hybridized carbons (Fsp3) is 0.345. The van der Waals surface area contributed by atoms with Crippen LogP contribution in [0.15, 0.2) is 66.9 Å². The number of piperidine rings is 1. The molecule has 0 spiro atoms. The molecule has 40 heavy (non-hydrogen) atoms. The number of amides is 1. The van der Waals surface area contributed by atoms with Crippen LogP contribution in [0.2, 0.25) is 0 Å². The highest BCUT2D eigenvalue weighted by Crippen LogP contribution is 2.30. The molecule has 0 atom stereocenters. The number of aromatic nitrogens is 1. The normalized spacial score (nSPS) is 13.9. The molecular weight excluding hydrogens is 529 g/mol. The molecule has 1 aromatic heterocycles. The summed E-state index contributed by atoms with van der Waals surface area (Å²) in [6.45, 7) is 3.10. The minimum atomic E-state index is -4.47. The molecule has 212 valence electrons. The van der Waals surface area contributed by atoms with Crippen molar-refractivity contribution in [3.8, 4) is 23.1 Å². The number of likely N-dealkylation sites (tertiary alicyclic amines) is 1. The van der Waals surface area contributed by atoms with Crippen LogP contribution in [0.5, 0.6) is 23.1 Å². The lowest BCUT2D eigenvalue weighted by Gasteiger charge is -2.31. The molecule has 0 saturated carbocycles. The molecule has 1 aliphatic rings. The molecule has 1 fully saturated rings. The van der Waals surface area contributed by atoms with Crippen LogP contribution in [0.4, 0.5) is 18.0 Å². The molecule has 0 N–H and O–H groups in total. The molecule has 0 unspecified atom stereocenters. The van der Waals surface area contributed by atoms with E-state index in [1.54, 1.807) is 11.8 Å². The van der Waals surface area contributed by atoms with E-state index in [1.165, 1.54) is 24.3 Å². The lowest BCUT2D eigenvalue weighted by Crippen LogP contribution is -2.43. The molecule has 0 radical (unpaired) electrons. The first-order valence-corrected chi connectivity index (χ1v) is 12.9. The summed E-state index contributed by atoms with van der Waals surface area (Å²) in [4.78, 5) is 29.4. The molecule has 11 heteroatoms. The molecule has 3 aromatic rings. The van der Waals surface area contributed by atoms with Gasteiger partial charge in [0.2, 0.25) is 5.88 Å². The summed E-state index contributed by atoms with van der Waals surface area (Å²) in [5.74, 6) is 1.16. The standard InChI is InChI=1S/C29H29F3N2O6/c1-2-37-27(35)14-5-20-3-7-22(8-4-20)38-25-15-17-34(18-16-25)28(36)40-24-11-9-23(10-12-24)39-26-13-6-21(19-33-26)29(30,31)32/h3-4,6-13,19,25H,2,5,14-18H2,1H3. The van der Waals surface area contributed by atoms with E-state index in [1.807, 2.05) is 24.3 Å². The van der Waals surface area contributed by atoms with E-state index in [9.17, 15) is 22.8 Å². The fourth-order valence-corrected chi connectivity index (χ4v) is 4.03. The molecule has 1 amide bonds. The zero-order chi connectivity index (χ0) is 28.5. The smallest absolute Gasteiger partial charge is 0.417 e. The average molecular weight is 559 g/mol. The Morgan fingerprint density at radius 1 is 0.925 bits per heavy atom. The van der Waals surface area contributed by atoms with E-state index in [2.05, 4.69) is 4.98 Å². The van der Waals surface area contributed by atoms with E-state index in [4.69, 9.17) is 18.9 Å². The van der Waals surface area contributed by atoms with Crippen molar-refractivity contribution in [1.29, 1.82) is 0 Å². The maximum atomic E-state index is 12.7. The van der Waals surface area contributed by atoms with Gasteiger partial charge in [-0.2, -0.15) is 13.2 Å². The van der Waals surface area contributed by atoms with Crippen LogP contribution >= 0.6 is 0 Å². The SMILES string of the molecule is CCOC(=O)CCc1ccc(OC2CCN(C(=O)Oc3ccc(Oc4ccc(C(F)(F)F)cn4)cc3)CC2)cc1. The summed E-state index contributed by atoms with van der Waals surface area (Å²) in [6.07, 6.45) is -2.07. The van der Waals surface area contributed by atoms with Gasteiger partial charge in [-0.1, -0.05) is 12.1 Å². The van der Waals surface area contributed by atoms with Crippen molar-refractivity contribution in [3.63, 3.8) is 0 Å². The third-order valence-corrected chi connectivity index (χ3v) is 6.16. The molecule has 2 heterocycles. The number of carbonyl (C=O) groups excluding carboxylic acids is 2. The highest BCUT2D eigenvalue weighted by molar-refractivity contribution is 5.71. The van der Waals surface area contributed by atoms with Crippen molar-refractivity contribution < 1.29 is 41.7 Å². The van der Waals surface area contributed by atoms with Gasteiger partial charge in [0, 0.05) is 44.6 Å². The number of ether oxygens (including phenoxy) is 4. The Morgan fingerprint density at radius 3 is 2.17 bits per heavy atom. The van der Waals surface area contributed by atoms with Crippen molar-refractivity contribution in [2.75, 3.05) is 19.7 Å². The summed E-state index contributed by atoms with van der Waals surface area (Å²) in [5.41, 5.74) is 0.157. The molecule has 8 nitrogen and oxygen atoms in total. The van der Waals surface area contributed by atoms with Crippen LogP contribution in [0.25, 0.3) is 0 Å². The van der Waals surface area contributed by atoms with Gasteiger partial charge in [0.15, 0.2) is 0 Å². The predicted octanol–water partition coefficient (Wildman–Crippen LogP) is 6.43.